The highest BCUT2D eigenvalue weighted by molar-refractivity contribution is 7.91. The van der Waals surface area contributed by atoms with Crippen LogP contribution < -0.4 is 10.0 Å². The van der Waals surface area contributed by atoms with Gasteiger partial charge in [0.15, 0.2) is 9.92 Å². The highest BCUT2D eigenvalue weighted by atomic mass is 32.2. The highest BCUT2D eigenvalue weighted by Gasteiger charge is 2.27. The van der Waals surface area contributed by atoms with E-state index in [1.165, 1.54) is 31.2 Å². The predicted octanol–water partition coefficient (Wildman–Crippen LogP) is 3.49. The van der Waals surface area contributed by atoms with Crippen molar-refractivity contribution < 1.29 is 23.0 Å². The van der Waals surface area contributed by atoms with Crippen molar-refractivity contribution in [3.63, 3.8) is 0 Å². The van der Waals surface area contributed by atoms with Crippen LogP contribution in [0.2, 0.25) is 0 Å². The Morgan fingerprint density at radius 1 is 1.10 bits per heavy atom. The topological polar surface area (TPSA) is 121 Å². The molecular formula is C20H23N3O5S. The van der Waals surface area contributed by atoms with Gasteiger partial charge in [0.2, 0.25) is 5.09 Å². The van der Waals surface area contributed by atoms with Crippen LogP contribution in [-0.4, -0.2) is 23.3 Å². The van der Waals surface area contributed by atoms with Gasteiger partial charge < -0.3 is 14.5 Å². The maximum atomic E-state index is 12.8. The smallest absolute Gasteiger partial charge is 0.341 e. The molecule has 1 unspecified atom stereocenters. The zero-order valence-corrected chi connectivity index (χ0v) is 17.2. The number of carbonyl (C=O) groups is 2. The van der Waals surface area contributed by atoms with E-state index in [9.17, 15) is 13.8 Å². The summed E-state index contributed by atoms with van der Waals surface area (Å²) in [6.45, 7) is 1.50. The van der Waals surface area contributed by atoms with Gasteiger partial charge in [-0.3, -0.25) is 0 Å². The van der Waals surface area contributed by atoms with Crippen molar-refractivity contribution in [3.8, 4) is 0 Å². The third kappa shape index (κ3) is 3.50. The molecule has 1 aromatic carbocycles. The Balaban J connectivity index is 1.58. The number of hydrogen-bond acceptors (Lipinski definition) is 6. The van der Waals surface area contributed by atoms with Gasteiger partial charge in [0.1, 0.15) is 11.3 Å². The molecule has 0 saturated heterocycles. The molecule has 8 nitrogen and oxygen atoms in total. The molecule has 0 spiro atoms. The first-order valence-electron chi connectivity index (χ1n) is 9.53. The average Bonchev–Trinajstić information content (AvgIpc) is 3.39. The fourth-order valence-electron chi connectivity index (χ4n) is 4.20. The molecule has 154 valence electrons. The lowest BCUT2D eigenvalue weighted by Crippen LogP contribution is -2.34. The number of fused-ring (bicyclic) bond motifs is 2. The third-order valence-corrected chi connectivity index (χ3v) is 6.77. The van der Waals surface area contributed by atoms with Crippen LogP contribution in [0.25, 0.3) is 0 Å². The fourth-order valence-corrected chi connectivity index (χ4v) is 5.13. The van der Waals surface area contributed by atoms with Crippen molar-refractivity contribution in [2.75, 3.05) is 12.4 Å². The first-order valence-corrected chi connectivity index (χ1v) is 11.1. The number of amides is 2. The monoisotopic (exact) mass is 417 g/mol. The van der Waals surface area contributed by atoms with Crippen LogP contribution in [-0.2, 0) is 40.3 Å². The summed E-state index contributed by atoms with van der Waals surface area (Å²) < 4.78 is 33.0. The number of ether oxygens (including phenoxy) is 1. The molecule has 0 radical (unpaired) electrons. The van der Waals surface area contributed by atoms with Gasteiger partial charge in [-0.1, -0.05) is 6.07 Å². The van der Waals surface area contributed by atoms with Gasteiger partial charge in [0.25, 0.3) is 0 Å². The minimum atomic E-state index is -3.79. The Morgan fingerprint density at radius 3 is 2.31 bits per heavy atom. The van der Waals surface area contributed by atoms with Crippen LogP contribution >= 0.6 is 0 Å². The molecule has 29 heavy (non-hydrogen) atoms. The lowest BCUT2D eigenvalue weighted by Gasteiger charge is -2.16. The van der Waals surface area contributed by atoms with Crippen LogP contribution in [0.5, 0.6) is 0 Å². The van der Waals surface area contributed by atoms with Crippen LogP contribution in [0, 0.1) is 11.7 Å². The number of aryl methyl sites for hydroxylation is 3. The van der Waals surface area contributed by atoms with Crippen molar-refractivity contribution in [1.82, 2.24) is 4.72 Å². The van der Waals surface area contributed by atoms with E-state index in [0.29, 0.717) is 0 Å². The summed E-state index contributed by atoms with van der Waals surface area (Å²) in [6.07, 6.45) is 5.88. The molecule has 0 bridgehead atoms. The Hall–Kier alpha value is -2.81. The number of rotatable bonds is 4. The van der Waals surface area contributed by atoms with E-state index in [-0.39, 0.29) is 16.4 Å². The molecular weight excluding hydrogens is 394 g/mol. The van der Waals surface area contributed by atoms with Crippen molar-refractivity contribution in [2.24, 2.45) is 0 Å². The van der Waals surface area contributed by atoms with Gasteiger partial charge in [0, 0.05) is 11.8 Å². The van der Waals surface area contributed by atoms with Crippen LogP contribution in [0.1, 0.15) is 51.2 Å². The number of urea groups is 1. The van der Waals surface area contributed by atoms with E-state index in [1.807, 2.05) is 0 Å². The molecule has 2 aliphatic rings. The number of methoxy groups -OCH3 is 1. The van der Waals surface area contributed by atoms with Crippen LogP contribution in [0.3, 0.4) is 0 Å². The molecule has 9 heteroatoms. The maximum absolute atomic E-state index is 12.8. The van der Waals surface area contributed by atoms with E-state index in [1.54, 1.807) is 0 Å². The van der Waals surface area contributed by atoms with Crippen molar-refractivity contribution >= 4 is 27.6 Å². The Bertz CT molecular complexity index is 1090. The third-order valence-electron chi connectivity index (χ3n) is 5.53. The van der Waals surface area contributed by atoms with Gasteiger partial charge in [-0.05, 0) is 67.7 Å². The molecule has 4 rings (SSSR count). The number of furan rings is 1. The number of esters is 1. The minimum Gasteiger partial charge on any atom is -0.465 e. The first kappa shape index (κ1) is 19.5. The van der Waals surface area contributed by atoms with Crippen molar-refractivity contribution in [1.29, 1.82) is 4.78 Å². The van der Waals surface area contributed by atoms with Crippen molar-refractivity contribution in [3.05, 3.63) is 45.7 Å². The summed E-state index contributed by atoms with van der Waals surface area (Å²) in [6, 6.07) is 2.70. The lowest BCUT2D eigenvalue weighted by atomic mass is 9.99. The van der Waals surface area contributed by atoms with Crippen LogP contribution in [0.15, 0.2) is 21.6 Å². The van der Waals surface area contributed by atoms with Crippen molar-refractivity contribution in [2.45, 2.75) is 50.5 Å². The van der Waals surface area contributed by atoms with E-state index >= 15 is 0 Å². The normalized spacial score (nSPS) is 16.6. The van der Waals surface area contributed by atoms with E-state index in [4.69, 9.17) is 9.20 Å². The second kappa shape index (κ2) is 7.22. The van der Waals surface area contributed by atoms with Gasteiger partial charge in [-0.2, -0.15) is 0 Å². The zero-order valence-electron chi connectivity index (χ0n) is 16.3. The summed E-state index contributed by atoms with van der Waals surface area (Å²) in [5.74, 6) is -0.486. The highest BCUT2D eigenvalue weighted by Crippen LogP contribution is 2.38. The molecule has 0 aliphatic heterocycles. The predicted molar refractivity (Wildman–Crippen MR) is 107 cm³/mol. The summed E-state index contributed by atoms with van der Waals surface area (Å²) >= 11 is 0. The molecule has 2 amide bonds. The maximum Gasteiger partial charge on any atom is 0.341 e. The number of hydrogen-bond donors (Lipinski definition) is 3. The number of nitrogens with one attached hydrogen (secondary N) is 3. The molecule has 0 fully saturated rings. The summed E-state index contributed by atoms with van der Waals surface area (Å²) in [5, 5.41) is 2.54. The molecule has 3 N–H and O–H groups in total. The largest absolute Gasteiger partial charge is 0.465 e. The van der Waals surface area contributed by atoms with Gasteiger partial charge in [-0.25, -0.2) is 23.3 Å². The van der Waals surface area contributed by atoms with E-state index in [0.717, 1.165) is 55.3 Å². The molecule has 0 saturated carbocycles. The molecule has 2 aromatic rings. The quantitative estimate of drug-likeness (QED) is 0.658. The lowest BCUT2D eigenvalue weighted by molar-refractivity contribution is 0.0598. The summed E-state index contributed by atoms with van der Waals surface area (Å²) in [5.41, 5.74) is 5.67. The summed E-state index contributed by atoms with van der Waals surface area (Å²) in [7, 11) is -2.57. The van der Waals surface area contributed by atoms with Gasteiger partial charge in [-0.15, -0.1) is 0 Å². The molecule has 1 aromatic heterocycles. The van der Waals surface area contributed by atoms with Gasteiger partial charge in [0.05, 0.1) is 7.11 Å². The van der Waals surface area contributed by atoms with E-state index < -0.39 is 21.9 Å². The van der Waals surface area contributed by atoms with Crippen LogP contribution in [0.4, 0.5) is 10.5 Å². The Morgan fingerprint density at radius 2 is 1.72 bits per heavy atom. The fraction of sp³-hybridized carbons (Fsp3) is 0.400. The minimum absolute atomic E-state index is 0.0726. The molecule has 1 atom stereocenters. The second-order valence-electron chi connectivity index (χ2n) is 7.37. The average molecular weight is 417 g/mol. The number of anilines is 1. The zero-order chi connectivity index (χ0) is 20.8. The number of carbonyl (C=O) groups excluding carboxylic acids is 2. The van der Waals surface area contributed by atoms with Gasteiger partial charge >= 0.3 is 12.0 Å². The second-order valence-corrected chi connectivity index (χ2v) is 9.09. The summed E-state index contributed by atoms with van der Waals surface area (Å²) in [4.78, 5) is 24.3. The molecule has 1 heterocycles. The molecule has 2 aliphatic carbocycles. The van der Waals surface area contributed by atoms with E-state index in [2.05, 4.69) is 20.8 Å². The first-order chi connectivity index (χ1) is 13.8. The standard InChI is InChI=1S/C20H23N3O5S/c1-11-16(19(24)27-2)10-17(28-11)29(21,26)23-20(25)22-18-14-7-3-5-12(14)9-13-6-4-8-15(13)18/h9-10H,3-8H2,1-2H3,(H3,21,22,23,25,26). The SMILES string of the molecule is COC(=O)c1cc(S(=N)(=O)NC(=O)Nc2c3c(cc4c2CCC4)CCC3)oc1C. The Kier molecular flexibility index (Phi) is 4.85. The number of benzene rings is 1. The Labute approximate surface area is 169 Å².